The third kappa shape index (κ3) is 4.26. The minimum Gasteiger partial charge on any atom is -0.361 e. The summed E-state index contributed by atoms with van der Waals surface area (Å²) < 4.78 is 71.6. The predicted molar refractivity (Wildman–Crippen MR) is 77.7 cm³/mol. The van der Waals surface area contributed by atoms with Crippen molar-refractivity contribution < 1.29 is 31.8 Å². The fourth-order valence-electron chi connectivity index (χ4n) is 2.25. The molecule has 0 saturated carbocycles. The Morgan fingerprint density at radius 3 is 2.17 bits per heavy atom. The summed E-state index contributed by atoms with van der Waals surface area (Å²) in [6.07, 6.45) is 5.96. The number of terminal acetylenes is 1. The van der Waals surface area contributed by atoms with Gasteiger partial charge >= 0.3 is 0 Å². The van der Waals surface area contributed by atoms with Gasteiger partial charge in [-0.1, -0.05) is 5.92 Å². The van der Waals surface area contributed by atoms with Crippen molar-refractivity contribution in [1.82, 2.24) is 0 Å². The summed E-state index contributed by atoms with van der Waals surface area (Å²) >= 11 is 0. The van der Waals surface area contributed by atoms with Gasteiger partial charge < -0.3 is 14.2 Å². The topological polar surface area (TPSA) is 27.7 Å². The fraction of sp³-hybridized carbons (Fsp3) is 0.529. The Morgan fingerprint density at radius 2 is 1.67 bits per heavy atom. The fourth-order valence-corrected chi connectivity index (χ4v) is 2.25. The molecular weight excluding hydrogens is 328 g/mol. The zero-order valence-electron chi connectivity index (χ0n) is 13.2. The first-order valence-corrected chi connectivity index (χ1v) is 7.60. The molecular formula is C17H18F4O3. The van der Waals surface area contributed by atoms with E-state index in [0.717, 1.165) is 12.8 Å². The zero-order valence-corrected chi connectivity index (χ0v) is 13.2. The molecule has 1 aromatic carbocycles. The molecule has 2 rings (SSSR count). The highest BCUT2D eigenvalue weighted by molar-refractivity contribution is 5.29. The van der Waals surface area contributed by atoms with Crippen molar-refractivity contribution >= 4 is 0 Å². The number of hydrogen-bond donors (Lipinski definition) is 0. The lowest BCUT2D eigenvalue weighted by Gasteiger charge is -2.23. The van der Waals surface area contributed by atoms with E-state index in [9.17, 15) is 17.6 Å². The zero-order chi connectivity index (χ0) is 17.7. The van der Waals surface area contributed by atoms with Crippen LogP contribution in [0.15, 0.2) is 0 Å². The quantitative estimate of drug-likeness (QED) is 0.445. The predicted octanol–water partition coefficient (Wildman–Crippen LogP) is 3.82. The van der Waals surface area contributed by atoms with Gasteiger partial charge in [-0.05, 0) is 26.2 Å². The molecule has 3 nitrogen and oxygen atoms in total. The molecule has 1 aliphatic rings. The van der Waals surface area contributed by atoms with E-state index in [-0.39, 0.29) is 0 Å². The van der Waals surface area contributed by atoms with Gasteiger partial charge in [-0.25, -0.2) is 17.6 Å². The van der Waals surface area contributed by atoms with E-state index in [4.69, 9.17) is 20.6 Å². The van der Waals surface area contributed by atoms with Crippen molar-refractivity contribution in [2.24, 2.45) is 0 Å². The Labute approximate surface area is 137 Å². The van der Waals surface area contributed by atoms with Crippen LogP contribution in [0.3, 0.4) is 0 Å². The molecule has 0 aromatic heterocycles. The minimum absolute atomic E-state index is 0.474. The third-order valence-electron chi connectivity index (χ3n) is 3.71. The molecule has 1 fully saturated rings. The smallest absolute Gasteiger partial charge is 0.167 e. The number of halogens is 4. The molecule has 0 amide bonds. The Kier molecular flexibility index (Phi) is 6.60. The molecule has 1 saturated heterocycles. The molecule has 2 unspecified atom stereocenters. The Balaban J connectivity index is 2.16. The molecule has 1 aromatic rings. The van der Waals surface area contributed by atoms with Gasteiger partial charge in [0.2, 0.25) is 0 Å². The second-order valence-electron chi connectivity index (χ2n) is 5.44. The highest BCUT2D eigenvalue weighted by Gasteiger charge is 2.26. The summed E-state index contributed by atoms with van der Waals surface area (Å²) in [6.45, 7) is 0.638. The number of hydrogen-bond acceptors (Lipinski definition) is 3. The molecule has 1 heterocycles. The maximum absolute atomic E-state index is 14.1. The molecule has 1 aliphatic heterocycles. The van der Waals surface area contributed by atoms with Gasteiger partial charge in [0.25, 0.3) is 0 Å². The molecule has 0 radical (unpaired) electrons. The van der Waals surface area contributed by atoms with Crippen LogP contribution in [0.5, 0.6) is 0 Å². The monoisotopic (exact) mass is 346 g/mol. The van der Waals surface area contributed by atoms with Crippen LogP contribution in [0.1, 0.15) is 37.3 Å². The second kappa shape index (κ2) is 8.47. The van der Waals surface area contributed by atoms with Crippen LogP contribution in [0.2, 0.25) is 0 Å². The van der Waals surface area contributed by atoms with Gasteiger partial charge in [0, 0.05) is 6.61 Å². The van der Waals surface area contributed by atoms with E-state index in [0.29, 0.717) is 13.0 Å². The van der Waals surface area contributed by atoms with Crippen molar-refractivity contribution in [2.45, 2.75) is 51.8 Å². The van der Waals surface area contributed by atoms with Crippen LogP contribution >= 0.6 is 0 Å². The highest BCUT2D eigenvalue weighted by atomic mass is 19.2. The van der Waals surface area contributed by atoms with E-state index in [2.05, 4.69) is 5.92 Å². The minimum atomic E-state index is -1.51. The molecule has 0 spiro atoms. The Bertz CT molecular complexity index is 592. The van der Waals surface area contributed by atoms with Crippen LogP contribution in [0.25, 0.3) is 0 Å². The summed E-state index contributed by atoms with van der Waals surface area (Å²) in [7, 11) is 0. The average Bonchev–Trinajstić information content (AvgIpc) is 2.60. The number of benzene rings is 1. The largest absolute Gasteiger partial charge is 0.361 e. The Hall–Kier alpha value is -1.62. The van der Waals surface area contributed by atoms with Crippen LogP contribution in [0, 0.1) is 35.6 Å². The van der Waals surface area contributed by atoms with Gasteiger partial charge in [-0.2, -0.15) is 0 Å². The summed E-state index contributed by atoms with van der Waals surface area (Å²) in [5.74, 6) is -3.85. The Morgan fingerprint density at radius 1 is 1.08 bits per heavy atom. The van der Waals surface area contributed by atoms with Gasteiger partial charge in [-0.15, -0.1) is 6.42 Å². The number of ether oxygens (including phenoxy) is 3. The first-order chi connectivity index (χ1) is 11.5. The second-order valence-corrected chi connectivity index (χ2v) is 5.44. The molecule has 0 aliphatic carbocycles. The van der Waals surface area contributed by atoms with Gasteiger partial charge in [0.1, 0.15) is 6.10 Å². The van der Waals surface area contributed by atoms with Gasteiger partial charge in [0.05, 0.1) is 24.3 Å². The van der Waals surface area contributed by atoms with Crippen molar-refractivity contribution in [3.63, 3.8) is 0 Å². The maximum atomic E-state index is 14.1. The summed E-state index contributed by atoms with van der Waals surface area (Å²) in [5.41, 5.74) is -1.65. The van der Waals surface area contributed by atoms with Crippen LogP contribution in [-0.2, 0) is 27.4 Å². The standard InChI is InChI=1S/C17H18F4O3/c1-3-10(2)23-8-11-14(18)16(20)12(17(21)15(11)19)9-24-13-6-4-5-7-22-13/h1,10,13H,4-9H2,2H3. The van der Waals surface area contributed by atoms with E-state index in [1.807, 2.05) is 0 Å². The van der Waals surface area contributed by atoms with E-state index >= 15 is 0 Å². The van der Waals surface area contributed by atoms with E-state index in [1.54, 1.807) is 0 Å². The van der Waals surface area contributed by atoms with Crippen LogP contribution in [0.4, 0.5) is 17.6 Å². The number of rotatable bonds is 6. The average molecular weight is 346 g/mol. The molecule has 132 valence electrons. The molecule has 24 heavy (non-hydrogen) atoms. The van der Waals surface area contributed by atoms with Gasteiger partial charge in [-0.3, -0.25) is 0 Å². The first kappa shape index (κ1) is 18.7. The lowest BCUT2D eigenvalue weighted by molar-refractivity contribution is -0.169. The van der Waals surface area contributed by atoms with Crippen molar-refractivity contribution in [1.29, 1.82) is 0 Å². The first-order valence-electron chi connectivity index (χ1n) is 7.60. The van der Waals surface area contributed by atoms with Crippen molar-refractivity contribution in [3.8, 4) is 12.3 Å². The summed E-state index contributed by atoms with van der Waals surface area (Å²) in [4.78, 5) is 0. The summed E-state index contributed by atoms with van der Waals surface area (Å²) in [6, 6.07) is 0. The molecule has 0 N–H and O–H groups in total. The highest BCUT2D eigenvalue weighted by Crippen LogP contribution is 2.26. The van der Waals surface area contributed by atoms with Crippen LogP contribution < -0.4 is 0 Å². The normalized spacial score (nSPS) is 19.1. The molecule has 0 bridgehead atoms. The lowest BCUT2D eigenvalue weighted by Crippen LogP contribution is -2.23. The van der Waals surface area contributed by atoms with E-state index in [1.165, 1.54) is 6.92 Å². The maximum Gasteiger partial charge on any atom is 0.167 e. The third-order valence-corrected chi connectivity index (χ3v) is 3.71. The van der Waals surface area contributed by atoms with Crippen molar-refractivity contribution in [2.75, 3.05) is 6.61 Å². The van der Waals surface area contributed by atoms with Crippen molar-refractivity contribution in [3.05, 3.63) is 34.4 Å². The van der Waals surface area contributed by atoms with Crippen LogP contribution in [-0.4, -0.2) is 19.0 Å². The molecule has 7 heteroatoms. The van der Waals surface area contributed by atoms with Gasteiger partial charge in [0.15, 0.2) is 29.6 Å². The van der Waals surface area contributed by atoms with E-state index < -0.39 is 60.0 Å². The summed E-state index contributed by atoms with van der Waals surface area (Å²) in [5, 5.41) is 0. The molecule has 2 atom stereocenters. The lowest BCUT2D eigenvalue weighted by atomic mass is 10.1. The SMILES string of the molecule is C#CC(C)OCc1c(F)c(F)c(COC2CCCCO2)c(F)c1F.